The second-order valence-electron chi connectivity index (χ2n) is 7.58. The van der Waals surface area contributed by atoms with E-state index in [1.165, 1.54) is 11.3 Å². The Labute approximate surface area is 190 Å². The summed E-state index contributed by atoms with van der Waals surface area (Å²) < 4.78 is 44.1. The quantitative estimate of drug-likeness (QED) is 0.666. The van der Waals surface area contributed by atoms with Crippen molar-refractivity contribution in [1.29, 1.82) is 0 Å². The summed E-state index contributed by atoms with van der Waals surface area (Å²) in [6.07, 6.45) is -2.83. The lowest BCUT2D eigenvalue weighted by Gasteiger charge is -2.25. The Morgan fingerprint density at radius 2 is 2.12 bits per heavy atom. The van der Waals surface area contributed by atoms with Crippen LogP contribution in [0.2, 0.25) is 5.02 Å². The summed E-state index contributed by atoms with van der Waals surface area (Å²) in [5.41, 5.74) is -0.0987. The molecule has 0 saturated carbocycles. The maximum absolute atomic E-state index is 12.9. The van der Waals surface area contributed by atoms with E-state index in [-0.39, 0.29) is 23.2 Å². The van der Waals surface area contributed by atoms with Crippen LogP contribution in [0.4, 0.5) is 24.0 Å². The number of carbonyl (C=O) groups excluding carboxylic acids is 2. The second-order valence-corrected chi connectivity index (χ2v) is 9.07. The number of ether oxygens (including phenoxy) is 1. The number of carbonyl (C=O) groups is 2. The predicted octanol–water partition coefficient (Wildman–Crippen LogP) is 3.93. The minimum Gasteiger partial charge on any atom is -0.368 e. The normalized spacial score (nSPS) is 18.9. The maximum Gasteiger partial charge on any atom is 0.416 e. The van der Waals surface area contributed by atoms with Crippen molar-refractivity contribution in [2.24, 2.45) is 0 Å². The molecule has 0 radical (unpaired) electrons. The first-order valence-electron chi connectivity index (χ1n) is 9.99. The number of anilines is 2. The Balaban J connectivity index is 1.35. The highest BCUT2D eigenvalue weighted by atomic mass is 35.5. The number of nitrogens with zero attached hydrogens (tertiary/aromatic N) is 2. The maximum atomic E-state index is 12.9. The molecular weight excluding hydrogens is 469 g/mol. The lowest BCUT2D eigenvalue weighted by Crippen LogP contribution is -2.36. The summed E-state index contributed by atoms with van der Waals surface area (Å²) in [7, 11) is 0. The monoisotopic (exact) mass is 488 g/mol. The fourth-order valence-electron chi connectivity index (χ4n) is 3.60. The molecule has 2 aromatic rings. The van der Waals surface area contributed by atoms with E-state index in [0.717, 1.165) is 35.2 Å². The molecule has 172 valence electrons. The van der Waals surface area contributed by atoms with Crippen molar-refractivity contribution >= 4 is 45.6 Å². The molecule has 1 saturated heterocycles. The highest BCUT2D eigenvalue weighted by molar-refractivity contribution is 7.15. The van der Waals surface area contributed by atoms with E-state index >= 15 is 0 Å². The van der Waals surface area contributed by atoms with Gasteiger partial charge in [0.05, 0.1) is 28.5 Å². The molecular formula is C20H20ClF3N4O3S. The van der Waals surface area contributed by atoms with Gasteiger partial charge in [0, 0.05) is 31.0 Å². The highest BCUT2D eigenvalue weighted by Crippen LogP contribution is 2.34. The highest BCUT2D eigenvalue weighted by Gasteiger charge is 2.31. The van der Waals surface area contributed by atoms with Gasteiger partial charge in [-0.1, -0.05) is 11.6 Å². The molecule has 1 atom stereocenters. The number of thiazole rings is 1. The van der Waals surface area contributed by atoms with Crippen molar-refractivity contribution in [1.82, 2.24) is 9.88 Å². The first-order valence-corrected chi connectivity index (χ1v) is 11.2. The van der Waals surface area contributed by atoms with Gasteiger partial charge in [-0.3, -0.25) is 19.8 Å². The Hall–Kier alpha value is -2.21. The molecule has 0 aliphatic carbocycles. The van der Waals surface area contributed by atoms with Crippen LogP contribution < -0.4 is 10.6 Å². The summed E-state index contributed by atoms with van der Waals surface area (Å²) in [6.45, 7) is 1.57. The number of hydrogen-bond donors (Lipinski definition) is 2. The van der Waals surface area contributed by atoms with Gasteiger partial charge in [0.1, 0.15) is 6.10 Å². The van der Waals surface area contributed by atoms with E-state index in [1.807, 2.05) is 4.90 Å². The van der Waals surface area contributed by atoms with Gasteiger partial charge in [-0.05, 0) is 31.0 Å². The van der Waals surface area contributed by atoms with Gasteiger partial charge >= 0.3 is 6.18 Å². The fourth-order valence-corrected chi connectivity index (χ4v) is 4.82. The molecule has 7 nitrogen and oxygen atoms in total. The minimum absolute atomic E-state index is 0.0124. The van der Waals surface area contributed by atoms with Gasteiger partial charge in [0.25, 0.3) is 5.91 Å². The Bertz CT molecular complexity index is 1020. The summed E-state index contributed by atoms with van der Waals surface area (Å²) in [5.74, 6) is -0.672. The largest absolute Gasteiger partial charge is 0.416 e. The van der Waals surface area contributed by atoms with E-state index in [0.29, 0.717) is 37.7 Å². The molecule has 12 heteroatoms. The van der Waals surface area contributed by atoms with Crippen LogP contribution in [0, 0.1) is 0 Å². The Kier molecular flexibility index (Phi) is 6.70. The molecule has 1 fully saturated rings. The van der Waals surface area contributed by atoms with Gasteiger partial charge in [0.2, 0.25) is 5.91 Å². The van der Waals surface area contributed by atoms with Crippen molar-refractivity contribution < 1.29 is 27.5 Å². The van der Waals surface area contributed by atoms with E-state index in [9.17, 15) is 22.8 Å². The van der Waals surface area contributed by atoms with E-state index < -0.39 is 23.8 Å². The molecule has 1 aromatic heterocycles. The van der Waals surface area contributed by atoms with Crippen LogP contribution in [0.15, 0.2) is 18.2 Å². The number of fused-ring (bicyclic) bond motifs is 1. The van der Waals surface area contributed by atoms with Crippen LogP contribution in [-0.2, 0) is 33.5 Å². The summed E-state index contributed by atoms with van der Waals surface area (Å²) in [4.78, 5) is 31.9. The minimum atomic E-state index is -4.53. The van der Waals surface area contributed by atoms with Crippen LogP contribution in [-0.4, -0.2) is 47.5 Å². The average Bonchev–Trinajstić information content (AvgIpc) is 3.38. The number of nitrogens with one attached hydrogen (secondary N) is 2. The molecule has 2 amide bonds. The number of hydrogen-bond acceptors (Lipinski definition) is 6. The SMILES string of the molecule is O=C(CN1CCc2nc(NC(=O)C3CCCO3)sc2C1)Nc1cc(C(F)(F)F)ccc1Cl. The van der Waals surface area contributed by atoms with Crippen molar-refractivity contribution in [3.8, 4) is 0 Å². The first kappa shape index (κ1) is 23.0. The number of halogens is 4. The second kappa shape index (κ2) is 9.34. The Morgan fingerprint density at radius 1 is 1.31 bits per heavy atom. The van der Waals surface area contributed by atoms with Crippen LogP contribution in [0.5, 0.6) is 0 Å². The van der Waals surface area contributed by atoms with E-state index in [4.69, 9.17) is 16.3 Å². The van der Waals surface area contributed by atoms with Crippen molar-refractivity contribution in [3.05, 3.63) is 39.4 Å². The molecule has 3 heterocycles. The predicted molar refractivity (Wildman–Crippen MR) is 114 cm³/mol. The van der Waals surface area contributed by atoms with Crippen molar-refractivity contribution in [2.45, 2.75) is 38.1 Å². The standard InChI is InChI=1S/C20H20ClF3N4O3S/c21-12-4-3-11(20(22,23)24)8-14(12)25-17(29)10-28-6-5-13-16(9-28)32-19(26-13)27-18(30)15-2-1-7-31-15/h3-4,8,15H,1-2,5-7,9-10H2,(H,25,29)(H,26,27,30). The lowest BCUT2D eigenvalue weighted by molar-refractivity contribution is -0.137. The molecule has 2 aliphatic heterocycles. The zero-order chi connectivity index (χ0) is 22.9. The van der Waals surface area contributed by atoms with E-state index in [2.05, 4.69) is 15.6 Å². The number of alkyl halides is 3. The topological polar surface area (TPSA) is 83.6 Å². The van der Waals surface area contributed by atoms with Gasteiger partial charge in [0.15, 0.2) is 5.13 Å². The van der Waals surface area contributed by atoms with Gasteiger partial charge in [-0.2, -0.15) is 13.2 Å². The molecule has 0 bridgehead atoms. The average molecular weight is 489 g/mol. The number of benzene rings is 1. The third-order valence-corrected chi connectivity index (χ3v) is 6.52. The zero-order valence-electron chi connectivity index (χ0n) is 16.8. The molecule has 1 aromatic carbocycles. The smallest absolute Gasteiger partial charge is 0.368 e. The van der Waals surface area contributed by atoms with Crippen molar-refractivity contribution in [2.75, 3.05) is 30.3 Å². The van der Waals surface area contributed by atoms with Gasteiger partial charge < -0.3 is 10.1 Å². The number of amides is 2. The van der Waals surface area contributed by atoms with E-state index in [1.54, 1.807) is 0 Å². The van der Waals surface area contributed by atoms with Crippen LogP contribution >= 0.6 is 22.9 Å². The molecule has 32 heavy (non-hydrogen) atoms. The molecule has 1 unspecified atom stereocenters. The number of aromatic nitrogens is 1. The third kappa shape index (κ3) is 5.40. The lowest BCUT2D eigenvalue weighted by atomic mass is 10.1. The van der Waals surface area contributed by atoms with Crippen LogP contribution in [0.25, 0.3) is 0 Å². The molecule has 2 N–H and O–H groups in total. The molecule has 0 spiro atoms. The van der Waals surface area contributed by atoms with Crippen molar-refractivity contribution in [3.63, 3.8) is 0 Å². The van der Waals surface area contributed by atoms with Crippen LogP contribution in [0.3, 0.4) is 0 Å². The third-order valence-electron chi connectivity index (χ3n) is 5.20. The summed E-state index contributed by atoms with van der Waals surface area (Å²) >= 11 is 7.29. The molecule has 4 rings (SSSR count). The van der Waals surface area contributed by atoms with Crippen LogP contribution in [0.1, 0.15) is 29.0 Å². The van der Waals surface area contributed by atoms with Gasteiger partial charge in [-0.25, -0.2) is 4.98 Å². The summed E-state index contributed by atoms with van der Waals surface area (Å²) in [6, 6.07) is 2.79. The first-order chi connectivity index (χ1) is 15.2. The summed E-state index contributed by atoms with van der Waals surface area (Å²) in [5, 5.41) is 5.78. The fraction of sp³-hybridized carbons (Fsp3) is 0.450. The number of rotatable bonds is 5. The molecule has 2 aliphatic rings. The van der Waals surface area contributed by atoms with Gasteiger partial charge in [-0.15, -0.1) is 11.3 Å². The zero-order valence-corrected chi connectivity index (χ0v) is 18.4. The Morgan fingerprint density at radius 3 is 2.84 bits per heavy atom.